The predicted octanol–water partition coefficient (Wildman–Crippen LogP) is 5.38. The fourth-order valence-electron chi connectivity index (χ4n) is 3.78. The minimum Gasteiger partial charge on any atom is -0.484 e. The van der Waals surface area contributed by atoms with Crippen molar-refractivity contribution in [3.05, 3.63) is 89.2 Å². The molecule has 8 nitrogen and oxygen atoms in total. The Labute approximate surface area is 239 Å². The number of ether oxygens (including phenoxy) is 1. The number of carbonyl (C=O) groups is 2. The first-order valence-electron chi connectivity index (χ1n) is 12.9. The third-order valence-corrected chi connectivity index (χ3v) is 7.75. The fourth-order valence-corrected chi connectivity index (χ4v) is 4.96. The summed E-state index contributed by atoms with van der Waals surface area (Å²) in [6.45, 7) is 4.09. The lowest BCUT2D eigenvalue weighted by Gasteiger charge is -2.28. The highest BCUT2D eigenvalue weighted by Crippen LogP contribution is 2.20. The molecule has 0 saturated heterocycles. The van der Waals surface area contributed by atoms with Gasteiger partial charge in [-0.25, -0.2) is 12.8 Å². The quantitative estimate of drug-likeness (QED) is 0.246. The first-order chi connectivity index (χ1) is 19.1. The number of nitrogens with zero attached hydrogens (tertiary/aromatic N) is 1. The van der Waals surface area contributed by atoms with Gasteiger partial charge in [-0.1, -0.05) is 43.5 Å². The maximum Gasteiger partial charge on any atom is 0.261 e. The molecule has 3 rings (SSSR count). The Morgan fingerprint density at radius 2 is 1.62 bits per heavy atom. The van der Waals surface area contributed by atoms with Crippen molar-refractivity contribution in [1.29, 1.82) is 0 Å². The molecule has 0 bridgehead atoms. The van der Waals surface area contributed by atoms with Crippen LogP contribution in [0.4, 0.5) is 10.1 Å². The van der Waals surface area contributed by atoms with Crippen LogP contribution in [-0.4, -0.2) is 44.3 Å². The molecule has 0 fully saturated rings. The normalized spacial score (nSPS) is 11.9. The molecule has 0 aromatic heterocycles. The van der Waals surface area contributed by atoms with Crippen LogP contribution >= 0.6 is 11.6 Å². The number of unbranched alkanes of at least 4 members (excludes halogenated alkanes) is 2. The van der Waals surface area contributed by atoms with E-state index in [1.807, 2.05) is 0 Å². The SMILES string of the molecule is CCCCCNC(=O)[C@@H](C)N(Cc1ccc(Cl)cc1)C(=O)COc1ccc(S(=O)(=O)Nc2ccc(F)cc2)cc1. The number of sulfonamides is 1. The van der Waals surface area contributed by atoms with Crippen LogP contribution in [0.15, 0.2) is 77.7 Å². The van der Waals surface area contributed by atoms with Gasteiger partial charge in [-0.05, 0) is 79.6 Å². The van der Waals surface area contributed by atoms with Gasteiger partial charge in [0, 0.05) is 23.8 Å². The van der Waals surface area contributed by atoms with Crippen LogP contribution in [0.1, 0.15) is 38.7 Å². The molecule has 214 valence electrons. The average molecular weight is 590 g/mol. The number of amides is 2. The molecule has 3 aromatic rings. The van der Waals surface area contributed by atoms with Crippen LogP contribution in [-0.2, 0) is 26.2 Å². The maximum absolute atomic E-state index is 13.2. The van der Waals surface area contributed by atoms with Gasteiger partial charge in [0.15, 0.2) is 6.61 Å². The van der Waals surface area contributed by atoms with Crippen molar-refractivity contribution in [2.45, 2.75) is 50.6 Å². The third kappa shape index (κ3) is 9.24. The van der Waals surface area contributed by atoms with Crippen LogP contribution in [0.2, 0.25) is 5.02 Å². The molecule has 11 heteroatoms. The Kier molecular flexibility index (Phi) is 11.3. The van der Waals surface area contributed by atoms with E-state index < -0.39 is 27.8 Å². The van der Waals surface area contributed by atoms with Gasteiger partial charge in [0.05, 0.1) is 4.90 Å². The molecule has 0 unspecified atom stereocenters. The molecule has 2 N–H and O–H groups in total. The second-order valence-electron chi connectivity index (χ2n) is 9.19. The second-order valence-corrected chi connectivity index (χ2v) is 11.3. The van der Waals surface area contributed by atoms with Crippen molar-refractivity contribution in [2.24, 2.45) is 0 Å². The zero-order valence-electron chi connectivity index (χ0n) is 22.4. The molecule has 0 heterocycles. The summed E-state index contributed by atoms with van der Waals surface area (Å²) in [6.07, 6.45) is 2.88. The lowest BCUT2D eigenvalue weighted by molar-refractivity contribution is -0.142. The predicted molar refractivity (Wildman–Crippen MR) is 153 cm³/mol. The summed E-state index contributed by atoms with van der Waals surface area (Å²) in [5.41, 5.74) is 1.02. The Hall–Kier alpha value is -3.63. The number of nitrogens with one attached hydrogen (secondary N) is 2. The molecule has 3 aromatic carbocycles. The summed E-state index contributed by atoms with van der Waals surface area (Å²) in [4.78, 5) is 27.4. The van der Waals surface area contributed by atoms with E-state index >= 15 is 0 Å². The van der Waals surface area contributed by atoms with Crippen molar-refractivity contribution >= 4 is 39.1 Å². The lowest BCUT2D eigenvalue weighted by atomic mass is 10.1. The molecule has 2 amide bonds. The molecule has 0 spiro atoms. The number of benzene rings is 3. The fraction of sp³-hybridized carbons (Fsp3) is 0.310. The molecular weight excluding hydrogens is 557 g/mol. The molecule has 1 atom stereocenters. The topological polar surface area (TPSA) is 105 Å². The smallest absolute Gasteiger partial charge is 0.261 e. The van der Waals surface area contributed by atoms with Crippen LogP contribution in [0, 0.1) is 5.82 Å². The van der Waals surface area contributed by atoms with Gasteiger partial charge in [-0.3, -0.25) is 14.3 Å². The minimum absolute atomic E-state index is 0.0340. The summed E-state index contributed by atoms with van der Waals surface area (Å²) in [7, 11) is -3.91. The summed E-state index contributed by atoms with van der Waals surface area (Å²) >= 11 is 5.99. The Balaban J connectivity index is 1.66. The molecule has 0 aliphatic rings. The monoisotopic (exact) mass is 589 g/mol. The number of rotatable bonds is 14. The summed E-state index contributed by atoms with van der Waals surface area (Å²) in [5, 5.41) is 3.45. The van der Waals surface area contributed by atoms with Gasteiger partial charge in [-0.2, -0.15) is 0 Å². The van der Waals surface area contributed by atoms with E-state index in [1.54, 1.807) is 31.2 Å². The van der Waals surface area contributed by atoms with E-state index in [2.05, 4.69) is 17.0 Å². The van der Waals surface area contributed by atoms with E-state index in [1.165, 1.54) is 41.3 Å². The number of hydrogen-bond donors (Lipinski definition) is 2. The van der Waals surface area contributed by atoms with E-state index in [0.29, 0.717) is 11.6 Å². The Morgan fingerprint density at radius 3 is 2.25 bits per heavy atom. The first-order valence-corrected chi connectivity index (χ1v) is 14.8. The van der Waals surface area contributed by atoms with Gasteiger partial charge in [-0.15, -0.1) is 0 Å². The van der Waals surface area contributed by atoms with E-state index in [9.17, 15) is 22.4 Å². The highest BCUT2D eigenvalue weighted by molar-refractivity contribution is 7.92. The molecule has 0 aliphatic carbocycles. The second kappa shape index (κ2) is 14.7. The van der Waals surface area contributed by atoms with Crippen molar-refractivity contribution in [2.75, 3.05) is 17.9 Å². The standard InChI is InChI=1S/C29H33ClFN3O5S/c1-3-4-5-18-32-29(36)21(2)34(19-22-6-8-23(30)9-7-22)28(35)20-39-26-14-16-27(17-15-26)40(37,38)33-25-12-10-24(31)11-13-25/h6-17,21,33H,3-5,18-20H2,1-2H3,(H,32,36)/t21-/m1/s1. The van der Waals surface area contributed by atoms with E-state index in [4.69, 9.17) is 16.3 Å². The first kappa shape index (κ1) is 30.9. The third-order valence-electron chi connectivity index (χ3n) is 6.11. The molecule has 0 radical (unpaired) electrons. The van der Waals surface area contributed by atoms with Crippen LogP contribution in [0.5, 0.6) is 5.75 Å². The molecule has 0 aliphatic heterocycles. The van der Waals surface area contributed by atoms with E-state index in [-0.39, 0.29) is 35.4 Å². The number of anilines is 1. The number of carbonyl (C=O) groups excluding carboxylic acids is 2. The zero-order chi connectivity index (χ0) is 29.1. The van der Waals surface area contributed by atoms with Crippen molar-refractivity contribution < 1.29 is 27.1 Å². The largest absolute Gasteiger partial charge is 0.484 e. The average Bonchev–Trinajstić information content (AvgIpc) is 2.94. The maximum atomic E-state index is 13.2. The number of halogens is 2. The van der Waals surface area contributed by atoms with Gasteiger partial charge >= 0.3 is 0 Å². The van der Waals surface area contributed by atoms with Gasteiger partial charge in [0.2, 0.25) is 5.91 Å². The summed E-state index contributed by atoms with van der Waals surface area (Å²) in [5.74, 6) is -0.882. The Morgan fingerprint density at radius 1 is 0.975 bits per heavy atom. The molecular formula is C29H33ClFN3O5S. The summed E-state index contributed by atoms with van der Waals surface area (Å²) in [6, 6.07) is 16.7. The van der Waals surface area contributed by atoms with Crippen LogP contribution in [0.25, 0.3) is 0 Å². The van der Waals surface area contributed by atoms with E-state index in [0.717, 1.165) is 37.0 Å². The summed E-state index contributed by atoms with van der Waals surface area (Å²) < 4.78 is 46.4. The zero-order valence-corrected chi connectivity index (χ0v) is 24.0. The lowest BCUT2D eigenvalue weighted by Crippen LogP contribution is -2.49. The minimum atomic E-state index is -3.91. The molecule has 0 saturated carbocycles. The highest BCUT2D eigenvalue weighted by atomic mass is 35.5. The van der Waals surface area contributed by atoms with Gasteiger partial charge in [0.1, 0.15) is 17.6 Å². The number of hydrogen-bond acceptors (Lipinski definition) is 5. The molecule has 40 heavy (non-hydrogen) atoms. The van der Waals surface area contributed by atoms with Crippen molar-refractivity contribution in [1.82, 2.24) is 10.2 Å². The van der Waals surface area contributed by atoms with Crippen LogP contribution in [0.3, 0.4) is 0 Å². The highest BCUT2D eigenvalue weighted by Gasteiger charge is 2.26. The van der Waals surface area contributed by atoms with Gasteiger partial charge < -0.3 is 15.0 Å². The van der Waals surface area contributed by atoms with Crippen LogP contribution < -0.4 is 14.8 Å². The van der Waals surface area contributed by atoms with Crippen molar-refractivity contribution in [3.63, 3.8) is 0 Å². The Bertz CT molecular complexity index is 1370. The van der Waals surface area contributed by atoms with Gasteiger partial charge in [0.25, 0.3) is 15.9 Å². The van der Waals surface area contributed by atoms with Crippen molar-refractivity contribution in [3.8, 4) is 5.75 Å².